The highest BCUT2D eigenvalue weighted by molar-refractivity contribution is 5.79. The van der Waals surface area contributed by atoms with E-state index in [4.69, 9.17) is 9.72 Å². The average molecular weight is 380 g/mol. The number of likely N-dealkylation sites (tertiary alicyclic amines) is 1. The number of benzene rings is 1. The fourth-order valence-electron chi connectivity index (χ4n) is 4.21. The maximum Gasteiger partial charge on any atom is 0.227 e. The van der Waals surface area contributed by atoms with Gasteiger partial charge in [-0.1, -0.05) is 18.2 Å². The molecule has 3 heterocycles. The number of ether oxygens (including phenoxy) is 1. The van der Waals surface area contributed by atoms with E-state index >= 15 is 0 Å². The molecule has 0 N–H and O–H groups in total. The number of para-hydroxylation sites is 1. The molecule has 0 radical (unpaired) electrons. The van der Waals surface area contributed by atoms with Gasteiger partial charge in [0.1, 0.15) is 11.6 Å². The van der Waals surface area contributed by atoms with Crippen LogP contribution in [0.25, 0.3) is 0 Å². The monoisotopic (exact) mass is 380 g/mol. The number of piperidine rings is 1. The first kappa shape index (κ1) is 18.9. The molecular formula is C22H28N4O2. The Balaban J connectivity index is 1.45. The Kier molecular flexibility index (Phi) is 5.57. The van der Waals surface area contributed by atoms with Crippen LogP contribution in [0.4, 0.5) is 0 Å². The molecule has 1 aromatic carbocycles. The van der Waals surface area contributed by atoms with Crippen molar-refractivity contribution in [2.75, 3.05) is 33.8 Å². The third kappa shape index (κ3) is 4.02. The van der Waals surface area contributed by atoms with Crippen molar-refractivity contribution >= 4 is 5.91 Å². The first-order chi connectivity index (χ1) is 13.6. The summed E-state index contributed by atoms with van der Waals surface area (Å²) in [5.41, 5.74) is 3.35. The van der Waals surface area contributed by atoms with Crippen molar-refractivity contribution in [2.24, 2.45) is 0 Å². The summed E-state index contributed by atoms with van der Waals surface area (Å²) < 4.78 is 5.39. The number of aromatic nitrogens is 2. The smallest absolute Gasteiger partial charge is 0.227 e. The fraction of sp³-hybridized carbons (Fsp3) is 0.500. The number of carbonyl (C=O) groups excluding carboxylic acids is 1. The number of methoxy groups -OCH3 is 1. The third-order valence-corrected chi connectivity index (χ3v) is 5.82. The van der Waals surface area contributed by atoms with Gasteiger partial charge in [-0.05, 0) is 26.0 Å². The van der Waals surface area contributed by atoms with Crippen molar-refractivity contribution in [3.8, 4) is 5.75 Å². The number of nitrogens with zero attached hydrogens (tertiary/aromatic N) is 4. The maximum atomic E-state index is 12.9. The van der Waals surface area contributed by atoms with Crippen LogP contribution in [-0.2, 0) is 24.2 Å². The molecule has 1 aromatic heterocycles. The molecule has 0 spiro atoms. The van der Waals surface area contributed by atoms with E-state index in [2.05, 4.69) is 16.9 Å². The van der Waals surface area contributed by atoms with Gasteiger partial charge in [0.2, 0.25) is 5.91 Å². The lowest BCUT2D eigenvalue weighted by Crippen LogP contribution is -2.40. The molecule has 2 aliphatic rings. The van der Waals surface area contributed by atoms with Crippen LogP contribution in [0.15, 0.2) is 30.5 Å². The Hall–Kier alpha value is -2.47. The minimum atomic E-state index is 0.147. The summed E-state index contributed by atoms with van der Waals surface area (Å²) in [5.74, 6) is 2.04. The predicted molar refractivity (Wildman–Crippen MR) is 107 cm³/mol. The minimum absolute atomic E-state index is 0.147. The quantitative estimate of drug-likeness (QED) is 0.815. The van der Waals surface area contributed by atoms with Crippen molar-refractivity contribution in [3.63, 3.8) is 0 Å². The summed E-state index contributed by atoms with van der Waals surface area (Å²) in [6.07, 6.45) is 5.37. The molecule has 148 valence electrons. The maximum absolute atomic E-state index is 12.9. The van der Waals surface area contributed by atoms with Gasteiger partial charge >= 0.3 is 0 Å². The van der Waals surface area contributed by atoms with Crippen molar-refractivity contribution in [3.05, 3.63) is 53.1 Å². The van der Waals surface area contributed by atoms with Crippen molar-refractivity contribution in [1.82, 2.24) is 19.8 Å². The average Bonchev–Trinajstić information content (AvgIpc) is 2.74. The van der Waals surface area contributed by atoms with Gasteiger partial charge in [0.05, 0.1) is 13.5 Å². The van der Waals surface area contributed by atoms with E-state index in [1.54, 1.807) is 7.11 Å². The zero-order chi connectivity index (χ0) is 19.5. The first-order valence-electron chi connectivity index (χ1n) is 10.1. The predicted octanol–water partition coefficient (Wildman–Crippen LogP) is 2.42. The summed E-state index contributed by atoms with van der Waals surface area (Å²) in [7, 11) is 3.77. The van der Waals surface area contributed by atoms with Crippen molar-refractivity contribution in [2.45, 2.75) is 38.1 Å². The van der Waals surface area contributed by atoms with E-state index in [1.807, 2.05) is 35.4 Å². The van der Waals surface area contributed by atoms with E-state index in [-0.39, 0.29) is 11.8 Å². The van der Waals surface area contributed by atoms with Gasteiger partial charge in [0, 0.05) is 61.5 Å². The molecule has 1 fully saturated rings. The van der Waals surface area contributed by atoms with Crippen LogP contribution >= 0.6 is 0 Å². The Labute approximate surface area is 166 Å². The third-order valence-electron chi connectivity index (χ3n) is 5.82. The molecular weight excluding hydrogens is 352 g/mol. The molecule has 0 saturated carbocycles. The van der Waals surface area contributed by atoms with Gasteiger partial charge in [-0.2, -0.15) is 0 Å². The number of hydrogen-bond donors (Lipinski definition) is 0. The Morgan fingerprint density at radius 1 is 1.29 bits per heavy atom. The summed E-state index contributed by atoms with van der Waals surface area (Å²) in [6.45, 7) is 3.47. The number of fused-ring (bicyclic) bond motifs is 1. The summed E-state index contributed by atoms with van der Waals surface area (Å²) in [5, 5.41) is 0. The summed E-state index contributed by atoms with van der Waals surface area (Å²) in [6, 6.07) is 7.74. The SMILES string of the molecule is COc1ccccc1CC(=O)N1CCCC(c2ncc3c(n2)CCN(C)C3)C1. The molecule has 2 aromatic rings. The van der Waals surface area contributed by atoms with E-state index in [9.17, 15) is 4.79 Å². The summed E-state index contributed by atoms with van der Waals surface area (Å²) in [4.78, 5) is 26.7. The van der Waals surface area contributed by atoms with Crippen LogP contribution in [0.1, 0.15) is 41.4 Å². The van der Waals surface area contributed by atoms with Crippen LogP contribution in [0, 0.1) is 0 Å². The van der Waals surface area contributed by atoms with Crippen LogP contribution in [0.5, 0.6) is 5.75 Å². The molecule has 0 aliphatic carbocycles. The van der Waals surface area contributed by atoms with Gasteiger partial charge < -0.3 is 14.5 Å². The van der Waals surface area contributed by atoms with Gasteiger partial charge in [-0.25, -0.2) is 9.97 Å². The van der Waals surface area contributed by atoms with Crippen molar-refractivity contribution in [1.29, 1.82) is 0 Å². The second-order valence-corrected chi connectivity index (χ2v) is 7.86. The minimum Gasteiger partial charge on any atom is -0.496 e. The molecule has 4 rings (SSSR count). The van der Waals surface area contributed by atoms with E-state index in [0.717, 1.165) is 56.0 Å². The van der Waals surface area contributed by atoms with Gasteiger partial charge in [0.25, 0.3) is 0 Å². The highest BCUT2D eigenvalue weighted by atomic mass is 16.5. The van der Waals surface area contributed by atoms with Crippen LogP contribution in [-0.4, -0.2) is 59.5 Å². The molecule has 2 aliphatic heterocycles. The Morgan fingerprint density at radius 2 is 2.14 bits per heavy atom. The molecule has 6 nitrogen and oxygen atoms in total. The molecule has 6 heteroatoms. The topological polar surface area (TPSA) is 58.6 Å². The molecule has 1 unspecified atom stereocenters. The highest BCUT2D eigenvalue weighted by Crippen LogP contribution is 2.27. The van der Waals surface area contributed by atoms with Crippen LogP contribution in [0.3, 0.4) is 0 Å². The van der Waals surface area contributed by atoms with E-state index < -0.39 is 0 Å². The number of rotatable bonds is 4. The van der Waals surface area contributed by atoms with Crippen molar-refractivity contribution < 1.29 is 9.53 Å². The van der Waals surface area contributed by atoms with Gasteiger partial charge in [-0.3, -0.25) is 4.79 Å². The van der Waals surface area contributed by atoms with Gasteiger partial charge in [0.15, 0.2) is 0 Å². The first-order valence-corrected chi connectivity index (χ1v) is 10.1. The second kappa shape index (κ2) is 8.27. The Bertz CT molecular complexity index is 854. The summed E-state index contributed by atoms with van der Waals surface area (Å²) >= 11 is 0. The molecule has 1 atom stereocenters. The zero-order valence-electron chi connectivity index (χ0n) is 16.7. The number of amides is 1. The zero-order valence-corrected chi connectivity index (χ0v) is 16.7. The lowest BCUT2D eigenvalue weighted by molar-refractivity contribution is -0.131. The number of likely N-dealkylation sites (N-methyl/N-ethyl adjacent to an activating group) is 1. The van der Waals surface area contributed by atoms with Crippen LogP contribution < -0.4 is 4.74 Å². The largest absolute Gasteiger partial charge is 0.496 e. The molecule has 1 amide bonds. The second-order valence-electron chi connectivity index (χ2n) is 7.86. The molecule has 1 saturated heterocycles. The number of hydrogen-bond acceptors (Lipinski definition) is 5. The Morgan fingerprint density at radius 3 is 3.00 bits per heavy atom. The molecule has 0 bridgehead atoms. The van der Waals surface area contributed by atoms with E-state index in [1.165, 1.54) is 11.3 Å². The fourth-order valence-corrected chi connectivity index (χ4v) is 4.21. The van der Waals surface area contributed by atoms with Gasteiger partial charge in [-0.15, -0.1) is 0 Å². The normalized spacial score (nSPS) is 19.9. The number of carbonyl (C=O) groups is 1. The molecule has 28 heavy (non-hydrogen) atoms. The lowest BCUT2D eigenvalue weighted by atomic mass is 9.95. The van der Waals surface area contributed by atoms with Crippen LogP contribution in [0.2, 0.25) is 0 Å². The van der Waals surface area contributed by atoms with E-state index in [0.29, 0.717) is 13.0 Å². The highest BCUT2D eigenvalue weighted by Gasteiger charge is 2.28. The lowest BCUT2D eigenvalue weighted by Gasteiger charge is -2.33. The standard InChI is InChI=1S/C22H28N4O2/c1-25-11-9-19-18(14-25)13-23-22(24-19)17-7-5-10-26(15-17)21(27)12-16-6-3-4-8-20(16)28-2/h3-4,6,8,13,17H,5,7,9-12,14-15H2,1-2H3.